The summed E-state index contributed by atoms with van der Waals surface area (Å²) in [5.41, 5.74) is 5.20. The van der Waals surface area contributed by atoms with Crippen molar-refractivity contribution < 1.29 is 9.59 Å². The maximum atomic E-state index is 12.3. The Hall–Kier alpha value is -1.14. The minimum Gasteiger partial charge on any atom is -0.369 e. The highest BCUT2D eigenvalue weighted by Crippen LogP contribution is 2.13. The zero-order valence-electron chi connectivity index (χ0n) is 10.7. The van der Waals surface area contributed by atoms with E-state index in [0.29, 0.717) is 13.1 Å². The van der Waals surface area contributed by atoms with Gasteiger partial charge in [0.2, 0.25) is 11.8 Å². The van der Waals surface area contributed by atoms with Crippen LogP contribution in [0.25, 0.3) is 0 Å². The summed E-state index contributed by atoms with van der Waals surface area (Å²) in [6.07, 6.45) is 1.86. The molecule has 6 nitrogen and oxygen atoms in total. The van der Waals surface area contributed by atoms with Crippen molar-refractivity contribution in [1.82, 2.24) is 15.1 Å². The molecule has 2 aliphatic rings. The molecule has 3 N–H and O–H groups in total. The molecule has 0 aliphatic carbocycles. The molecule has 1 unspecified atom stereocenters. The van der Waals surface area contributed by atoms with Crippen LogP contribution in [-0.4, -0.2) is 67.4 Å². The summed E-state index contributed by atoms with van der Waals surface area (Å²) in [4.78, 5) is 27.1. The third kappa shape index (κ3) is 3.43. The van der Waals surface area contributed by atoms with Gasteiger partial charge in [-0.2, -0.15) is 0 Å². The molecule has 1 atom stereocenters. The lowest BCUT2D eigenvalue weighted by atomic mass is 10.1. The van der Waals surface area contributed by atoms with E-state index in [4.69, 9.17) is 5.73 Å². The van der Waals surface area contributed by atoms with Gasteiger partial charge >= 0.3 is 0 Å². The summed E-state index contributed by atoms with van der Waals surface area (Å²) in [7, 11) is 0. The molecular weight excluding hydrogens is 232 g/mol. The van der Waals surface area contributed by atoms with Crippen LogP contribution in [0.5, 0.6) is 0 Å². The van der Waals surface area contributed by atoms with E-state index < -0.39 is 0 Å². The fourth-order valence-corrected chi connectivity index (χ4v) is 2.69. The van der Waals surface area contributed by atoms with E-state index in [1.165, 1.54) is 0 Å². The van der Waals surface area contributed by atoms with Crippen molar-refractivity contribution in [3.63, 3.8) is 0 Å². The van der Waals surface area contributed by atoms with E-state index in [9.17, 15) is 9.59 Å². The van der Waals surface area contributed by atoms with Crippen molar-refractivity contribution >= 4 is 11.8 Å². The van der Waals surface area contributed by atoms with Crippen LogP contribution in [0.2, 0.25) is 0 Å². The van der Waals surface area contributed by atoms with Crippen LogP contribution in [0.15, 0.2) is 0 Å². The highest BCUT2D eigenvalue weighted by atomic mass is 16.2. The number of hydrogen-bond acceptors (Lipinski definition) is 4. The maximum absolute atomic E-state index is 12.3. The van der Waals surface area contributed by atoms with E-state index in [1.807, 2.05) is 9.80 Å². The van der Waals surface area contributed by atoms with Crippen molar-refractivity contribution in [2.24, 2.45) is 11.7 Å². The van der Waals surface area contributed by atoms with Crippen LogP contribution < -0.4 is 11.1 Å². The van der Waals surface area contributed by atoms with E-state index in [0.717, 1.165) is 45.6 Å². The second-order valence-corrected chi connectivity index (χ2v) is 5.11. The fraction of sp³-hybridized carbons (Fsp3) is 0.833. The van der Waals surface area contributed by atoms with E-state index in [2.05, 4.69) is 5.32 Å². The molecule has 2 fully saturated rings. The van der Waals surface area contributed by atoms with Crippen molar-refractivity contribution in [3.05, 3.63) is 0 Å². The third-order valence-corrected chi connectivity index (χ3v) is 3.69. The SMILES string of the molecule is NC(=O)CN1CCCN(C(=O)C2CCNC2)CC1. The lowest BCUT2D eigenvalue weighted by Crippen LogP contribution is -2.40. The average Bonchev–Trinajstić information content (AvgIpc) is 2.76. The normalized spacial score (nSPS) is 26.0. The molecule has 0 bridgehead atoms. The summed E-state index contributed by atoms with van der Waals surface area (Å²) < 4.78 is 0. The number of nitrogens with one attached hydrogen (secondary N) is 1. The quantitative estimate of drug-likeness (QED) is 0.650. The zero-order valence-corrected chi connectivity index (χ0v) is 10.7. The smallest absolute Gasteiger partial charge is 0.231 e. The standard InChI is InChI=1S/C12H22N4O2/c13-11(17)9-15-4-1-5-16(7-6-15)12(18)10-2-3-14-8-10/h10,14H,1-9H2,(H2,13,17). The van der Waals surface area contributed by atoms with Crippen molar-refractivity contribution in [1.29, 1.82) is 0 Å². The number of carbonyl (C=O) groups excluding carboxylic acids is 2. The van der Waals surface area contributed by atoms with Crippen LogP contribution in [0.1, 0.15) is 12.8 Å². The van der Waals surface area contributed by atoms with Gasteiger partial charge in [-0.1, -0.05) is 0 Å². The Morgan fingerprint density at radius 2 is 2.06 bits per heavy atom. The predicted octanol–water partition coefficient (Wildman–Crippen LogP) is -1.38. The molecule has 2 heterocycles. The second-order valence-electron chi connectivity index (χ2n) is 5.11. The number of rotatable bonds is 3. The first-order chi connectivity index (χ1) is 8.66. The summed E-state index contributed by atoms with van der Waals surface area (Å²) in [5, 5.41) is 3.22. The lowest BCUT2D eigenvalue weighted by Gasteiger charge is -2.24. The molecule has 0 aromatic carbocycles. The molecule has 2 saturated heterocycles. The monoisotopic (exact) mass is 254 g/mol. The molecule has 6 heteroatoms. The molecule has 2 aliphatic heterocycles. The Morgan fingerprint density at radius 1 is 1.22 bits per heavy atom. The van der Waals surface area contributed by atoms with Gasteiger partial charge in [-0.25, -0.2) is 0 Å². The van der Waals surface area contributed by atoms with Crippen molar-refractivity contribution in [2.45, 2.75) is 12.8 Å². The van der Waals surface area contributed by atoms with Crippen LogP contribution >= 0.6 is 0 Å². The summed E-state index contributed by atoms with van der Waals surface area (Å²) in [6.45, 7) is 5.14. The zero-order chi connectivity index (χ0) is 13.0. The first-order valence-electron chi connectivity index (χ1n) is 6.67. The van der Waals surface area contributed by atoms with Gasteiger partial charge < -0.3 is 16.0 Å². The van der Waals surface area contributed by atoms with Gasteiger partial charge in [-0.05, 0) is 19.4 Å². The number of nitrogens with two attached hydrogens (primary N) is 1. The van der Waals surface area contributed by atoms with E-state index >= 15 is 0 Å². The Labute approximate surface area is 107 Å². The largest absolute Gasteiger partial charge is 0.369 e. The molecule has 0 aromatic heterocycles. The van der Waals surface area contributed by atoms with Gasteiger partial charge in [0.15, 0.2) is 0 Å². The Kier molecular flexibility index (Phi) is 4.54. The number of primary amides is 1. The molecular formula is C12H22N4O2. The van der Waals surface area contributed by atoms with E-state index in [-0.39, 0.29) is 17.7 Å². The Balaban J connectivity index is 1.84. The van der Waals surface area contributed by atoms with Gasteiger partial charge in [-0.15, -0.1) is 0 Å². The third-order valence-electron chi connectivity index (χ3n) is 3.69. The van der Waals surface area contributed by atoms with E-state index in [1.54, 1.807) is 0 Å². The summed E-state index contributed by atoms with van der Waals surface area (Å²) >= 11 is 0. The molecule has 0 aromatic rings. The van der Waals surface area contributed by atoms with Crippen LogP contribution in [0.4, 0.5) is 0 Å². The number of amides is 2. The van der Waals surface area contributed by atoms with Gasteiger partial charge in [0.1, 0.15) is 0 Å². The van der Waals surface area contributed by atoms with Crippen LogP contribution in [0.3, 0.4) is 0 Å². The van der Waals surface area contributed by atoms with Gasteiger partial charge in [0.25, 0.3) is 0 Å². The molecule has 2 rings (SSSR count). The molecule has 0 saturated carbocycles. The molecule has 0 radical (unpaired) electrons. The van der Waals surface area contributed by atoms with Gasteiger partial charge in [-0.3, -0.25) is 14.5 Å². The van der Waals surface area contributed by atoms with Crippen LogP contribution in [-0.2, 0) is 9.59 Å². The van der Waals surface area contributed by atoms with Gasteiger partial charge in [0, 0.05) is 32.7 Å². The highest BCUT2D eigenvalue weighted by Gasteiger charge is 2.28. The Bertz CT molecular complexity index is 315. The molecule has 102 valence electrons. The lowest BCUT2D eigenvalue weighted by molar-refractivity contribution is -0.134. The predicted molar refractivity (Wildman–Crippen MR) is 67.8 cm³/mol. The number of carbonyl (C=O) groups is 2. The van der Waals surface area contributed by atoms with Crippen LogP contribution in [0, 0.1) is 5.92 Å². The molecule has 0 spiro atoms. The summed E-state index contributed by atoms with van der Waals surface area (Å²) in [6, 6.07) is 0. The van der Waals surface area contributed by atoms with Crippen molar-refractivity contribution in [2.75, 3.05) is 45.8 Å². The maximum Gasteiger partial charge on any atom is 0.231 e. The molecule has 2 amide bonds. The van der Waals surface area contributed by atoms with Gasteiger partial charge in [0.05, 0.1) is 12.5 Å². The molecule has 18 heavy (non-hydrogen) atoms. The second kappa shape index (κ2) is 6.15. The first kappa shape index (κ1) is 13.3. The average molecular weight is 254 g/mol. The topological polar surface area (TPSA) is 78.7 Å². The minimum atomic E-state index is -0.297. The number of hydrogen-bond donors (Lipinski definition) is 2. The minimum absolute atomic E-state index is 0.146. The van der Waals surface area contributed by atoms with Crippen molar-refractivity contribution in [3.8, 4) is 0 Å². The summed E-state index contributed by atoms with van der Waals surface area (Å²) in [5.74, 6) is 0.114. The fourth-order valence-electron chi connectivity index (χ4n) is 2.69. The number of nitrogens with zero attached hydrogens (tertiary/aromatic N) is 2. The Morgan fingerprint density at radius 3 is 2.72 bits per heavy atom. The highest BCUT2D eigenvalue weighted by molar-refractivity contribution is 5.79. The first-order valence-corrected chi connectivity index (χ1v) is 6.67.